The van der Waals surface area contributed by atoms with Crippen molar-refractivity contribution < 1.29 is 153 Å². The van der Waals surface area contributed by atoms with E-state index in [9.17, 15) is 91.6 Å². The van der Waals surface area contributed by atoms with E-state index < -0.39 is 268 Å². The lowest BCUT2D eigenvalue weighted by atomic mass is 9.32. The highest BCUT2D eigenvalue weighted by Crippen LogP contribution is 2.76. The number of fused-ring (bicyclic) bond motifs is 7. The number of aliphatic hydroxyl groups excluding tert-OH is 15. The Morgan fingerprint density at radius 1 is 0.583 bits per heavy atom. The summed E-state index contributed by atoms with van der Waals surface area (Å²) in [5, 5.41) is 191. The second kappa shape index (κ2) is 27.3. The molecule has 32 heteroatoms. The van der Waals surface area contributed by atoms with Gasteiger partial charge in [-0.15, -0.1) is 0 Å². The number of carbonyl (C=O) groups is 2. The molecule has 0 spiro atoms. The maximum Gasteiger partial charge on any atom is 0.315 e. The van der Waals surface area contributed by atoms with E-state index >= 15 is 4.79 Å². The maximum absolute atomic E-state index is 15.7. The van der Waals surface area contributed by atoms with Crippen LogP contribution in [0.2, 0.25) is 0 Å². The van der Waals surface area contributed by atoms with Gasteiger partial charge in [0.2, 0.25) is 12.2 Å². The third-order valence-electron chi connectivity index (χ3n) is 24.7. The Labute approximate surface area is 555 Å². The zero-order valence-electron chi connectivity index (χ0n) is 55.4. The fraction of sp³-hybridized carbons (Fsp3) is 0.938. The van der Waals surface area contributed by atoms with Gasteiger partial charge in [0.1, 0.15) is 103 Å². The number of esters is 1. The molecule has 0 radical (unpaired) electrons. The molecule has 0 aromatic heterocycles. The van der Waals surface area contributed by atoms with E-state index in [0.717, 1.165) is 5.57 Å². The van der Waals surface area contributed by atoms with E-state index in [1.54, 1.807) is 0 Å². The van der Waals surface area contributed by atoms with E-state index in [1.807, 2.05) is 20.8 Å². The van der Waals surface area contributed by atoms with Crippen LogP contribution in [-0.4, -0.2) is 316 Å². The van der Waals surface area contributed by atoms with E-state index in [-0.39, 0.29) is 17.8 Å². The van der Waals surface area contributed by atoms with Crippen LogP contribution in [0.1, 0.15) is 107 Å². The minimum Gasteiger partial charge on any atom is -0.432 e. The molecule has 11 aliphatic rings. The number of aliphatic hydroxyl groups is 17. The number of amides is 1. The van der Waals surface area contributed by atoms with Crippen LogP contribution in [0.15, 0.2) is 11.6 Å². The SMILES string of the molecule is CC(=O)N[C@H]1[C@H](O[C@H]2CC[C@]3(C)[C@H]4CC=C5[C@@H]6CC(C)(C)CC[C@]6(C(=O)O[C@@H]6O[C@H](CO)[C@@H](O[C@@H]7OC[C@](O)(CO)[C@H]7O)[C@H](O)[C@H]6O[C@@H]6OC[C@](O)(CO)[C@H]6O)CC[C@@]5(C)[C@]4(C)[C@H](O)[C@H](O)[C@H]3C2(C)C)O[C@H](CO[C@@H]2OC[C@H](O)[C@H](O)[C@H]2O)[C@@H](O)[C@@H]1O[C@@H]1OC[C@@H](O)[C@H](O)[C@H]1O. The summed E-state index contributed by atoms with van der Waals surface area (Å²) >= 11 is 0. The monoisotopic (exact) mass is 1380 g/mol. The van der Waals surface area contributed by atoms with E-state index in [4.69, 9.17) is 56.8 Å². The van der Waals surface area contributed by atoms with Crippen molar-refractivity contribution in [3.63, 3.8) is 0 Å². The maximum atomic E-state index is 15.7. The lowest BCUT2D eigenvalue weighted by Gasteiger charge is -2.73. The van der Waals surface area contributed by atoms with Gasteiger partial charge in [-0.25, -0.2) is 0 Å². The number of hydrogen-bond acceptors (Lipinski definition) is 31. The third kappa shape index (κ3) is 12.5. The van der Waals surface area contributed by atoms with Gasteiger partial charge in [-0.05, 0) is 84.9 Å². The zero-order valence-corrected chi connectivity index (χ0v) is 55.4. The number of nitrogens with one attached hydrogen (secondary N) is 1. The second-order valence-corrected chi connectivity index (χ2v) is 31.3. The number of carbonyl (C=O) groups excluding carboxylic acids is 2. The molecular formula is C64H103NO31. The Morgan fingerprint density at radius 2 is 1.15 bits per heavy atom. The normalized spacial score (nSPS) is 53.0. The molecule has 0 unspecified atom stereocenters. The van der Waals surface area contributed by atoms with Crippen LogP contribution in [0.25, 0.3) is 0 Å². The van der Waals surface area contributed by atoms with Crippen molar-refractivity contribution in [1.82, 2.24) is 5.32 Å². The molecule has 5 aliphatic carbocycles. The highest BCUT2D eigenvalue weighted by atomic mass is 16.8. The summed E-state index contributed by atoms with van der Waals surface area (Å²) in [4.78, 5) is 28.9. The molecule has 0 bridgehead atoms. The molecule has 6 saturated heterocycles. The Kier molecular flexibility index (Phi) is 21.3. The Bertz CT molecular complexity index is 2790. The molecular weight excluding hydrogens is 1280 g/mol. The van der Waals surface area contributed by atoms with Gasteiger partial charge in [-0.2, -0.15) is 0 Å². The summed E-state index contributed by atoms with van der Waals surface area (Å²) in [6.07, 6.45) is -34.2. The number of ether oxygens (including phenoxy) is 12. The van der Waals surface area contributed by atoms with Crippen LogP contribution >= 0.6 is 0 Å². The predicted octanol–water partition coefficient (Wildman–Crippen LogP) is -5.74. The highest BCUT2D eigenvalue weighted by molar-refractivity contribution is 5.79. The van der Waals surface area contributed by atoms with Gasteiger partial charge in [-0.1, -0.05) is 60.1 Å². The first-order valence-electron chi connectivity index (χ1n) is 33.6. The first-order valence-corrected chi connectivity index (χ1v) is 33.6. The molecule has 11 rings (SSSR count). The first kappa shape index (κ1) is 74.7. The number of allylic oxidation sites excluding steroid dienone is 2. The van der Waals surface area contributed by atoms with Crippen LogP contribution in [0, 0.1) is 50.2 Å². The first-order chi connectivity index (χ1) is 44.9. The van der Waals surface area contributed by atoms with Crippen LogP contribution in [0.5, 0.6) is 0 Å². The van der Waals surface area contributed by atoms with Crippen LogP contribution in [-0.2, 0) is 66.4 Å². The van der Waals surface area contributed by atoms with Crippen molar-refractivity contribution in [2.24, 2.45) is 50.2 Å². The summed E-state index contributed by atoms with van der Waals surface area (Å²) in [5.74, 6) is -2.99. The van der Waals surface area contributed by atoms with Gasteiger partial charge in [0.05, 0.1) is 76.6 Å². The average molecular weight is 1380 g/mol. The smallest absolute Gasteiger partial charge is 0.315 e. The fourth-order valence-electron chi connectivity index (χ4n) is 18.8. The lowest BCUT2D eigenvalue weighted by Crippen LogP contribution is -2.74. The van der Waals surface area contributed by atoms with Crippen molar-refractivity contribution in [2.45, 2.75) is 272 Å². The average Bonchev–Trinajstić information content (AvgIpc) is 0.798. The summed E-state index contributed by atoms with van der Waals surface area (Å²) in [5.41, 5.74) is -8.93. The lowest BCUT2D eigenvalue weighted by molar-refractivity contribution is -0.353. The summed E-state index contributed by atoms with van der Waals surface area (Å²) in [7, 11) is 0. The van der Waals surface area contributed by atoms with Gasteiger partial charge in [-0.3, -0.25) is 9.59 Å². The molecule has 6 aliphatic heterocycles. The molecule has 10 fully saturated rings. The molecule has 4 saturated carbocycles. The van der Waals surface area contributed by atoms with Crippen molar-refractivity contribution in [2.75, 3.05) is 52.9 Å². The van der Waals surface area contributed by atoms with Crippen molar-refractivity contribution in [3.05, 3.63) is 11.6 Å². The summed E-state index contributed by atoms with van der Waals surface area (Å²) < 4.78 is 72.3. The van der Waals surface area contributed by atoms with Gasteiger partial charge >= 0.3 is 5.97 Å². The zero-order chi connectivity index (χ0) is 70.1. The molecule has 0 aromatic carbocycles. The molecule has 96 heavy (non-hydrogen) atoms. The second-order valence-electron chi connectivity index (χ2n) is 31.3. The van der Waals surface area contributed by atoms with E-state index in [0.29, 0.717) is 44.9 Å². The standard InChI is InChI=1S/C64H103NO31/c1-26(69)65-35-44(94-52-40(76)37(73)30(71)20-86-52)38(74)32(21-87-51-39(75)36(72)29(70)19-85-51)91-50(35)92-34-11-12-59(6)33-10-9-27-28-17-57(2,3)13-15-62(28,16-14-60(27,7)61(33,8)47(79)42(78)46(59)58(34,4)5)56(82)96-53-45(95-55-49(81)64(84,23-68)25-89-55)41(77)43(31(18-66)90-53)93-54-48(80)63(83,22-67)24-88-54/h9,28-55,66-68,70-81,83-84H,10-25H2,1-8H3,(H,65,69)/t28-,29-,30+,31+,32+,33+,34-,35+,36-,37-,38+,39+,40+,41-,42+,43+,44+,45+,46-,47+,48-,49-,50-,51-,52-,53-,54-,55-,59+,60+,61-,62-,63+,64+/m0/s1. The highest BCUT2D eigenvalue weighted by Gasteiger charge is 2.75. The van der Waals surface area contributed by atoms with E-state index in [1.165, 1.54) is 6.92 Å². The van der Waals surface area contributed by atoms with Gasteiger partial charge in [0.25, 0.3) is 0 Å². The van der Waals surface area contributed by atoms with Crippen molar-refractivity contribution in [1.29, 1.82) is 0 Å². The van der Waals surface area contributed by atoms with Crippen molar-refractivity contribution >= 4 is 11.9 Å². The topological polar surface area (TPSA) is 501 Å². The quantitative estimate of drug-likeness (QED) is 0.0367. The van der Waals surface area contributed by atoms with Gasteiger partial charge in [0, 0.05) is 18.3 Å². The van der Waals surface area contributed by atoms with Crippen molar-refractivity contribution in [3.8, 4) is 0 Å². The summed E-state index contributed by atoms with van der Waals surface area (Å²) in [6, 6.07) is -1.40. The van der Waals surface area contributed by atoms with Crippen LogP contribution in [0.3, 0.4) is 0 Å². The predicted molar refractivity (Wildman–Crippen MR) is 318 cm³/mol. The molecule has 6 heterocycles. The van der Waals surface area contributed by atoms with Crippen LogP contribution < -0.4 is 5.32 Å². The Hall–Kier alpha value is -2.44. The fourth-order valence-corrected chi connectivity index (χ4v) is 18.8. The number of rotatable bonds is 17. The van der Waals surface area contributed by atoms with Gasteiger partial charge in [0.15, 0.2) is 37.6 Å². The molecule has 18 N–H and O–H groups in total. The minimum absolute atomic E-state index is 0.192. The number of hydrogen-bond donors (Lipinski definition) is 18. The third-order valence-corrected chi connectivity index (χ3v) is 24.7. The molecule has 34 atom stereocenters. The van der Waals surface area contributed by atoms with E-state index in [2.05, 4.69) is 39.1 Å². The molecule has 550 valence electrons. The largest absolute Gasteiger partial charge is 0.432 e. The molecule has 1 amide bonds. The molecule has 32 nitrogen and oxygen atoms in total. The summed E-state index contributed by atoms with van der Waals surface area (Å²) in [6.45, 7) is 9.96. The minimum atomic E-state index is -2.21. The Morgan fingerprint density at radius 3 is 1.73 bits per heavy atom. The molecule has 0 aromatic rings. The Balaban J connectivity index is 0.872. The van der Waals surface area contributed by atoms with Gasteiger partial charge < -0.3 is 149 Å². The van der Waals surface area contributed by atoms with Crippen LogP contribution in [0.4, 0.5) is 0 Å².